The van der Waals surface area contributed by atoms with E-state index in [0.717, 1.165) is 0 Å². The number of esters is 1. The highest BCUT2D eigenvalue weighted by molar-refractivity contribution is 7.07. The molecule has 0 saturated heterocycles. The van der Waals surface area contributed by atoms with Gasteiger partial charge in [0, 0.05) is 16.9 Å². The molecule has 1 aromatic heterocycles. The van der Waals surface area contributed by atoms with Gasteiger partial charge in [-0.15, -0.1) is 0 Å². The molecule has 8 nitrogen and oxygen atoms in total. The van der Waals surface area contributed by atoms with Gasteiger partial charge in [-0.1, -0.05) is 41.1 Å². The Morgan fingerprint density at radius 3 is 2.60 bits per heavy atom. The van der Waals surface area contributed by atoms with Gasteiger partial charge in [-0.3, -0.25) is 9.36 Å². The number of carboxylic acids is 1. The minimum Gasteiger partial charge on any atom is -0.478 e. The molecule has 0 radical (unpaired) electrons. The molecular weight excluding hydrogens is 490 g/mol. The molecule has 0 bridgehead atoms. The second-order valence-electron chi connectivity index (χ2n) is 7.78. The van der Waals surface area contributed by atoms with Crippen LogP contribution in [0.25, 0.3) is 6.20 Å². The third-order valence-electron chi connectivity index (χ3n) is 5.63. The van der Waals surface area contributed by atoms with Crippen LogP contribution in [0.2, 0.25) is 5.02 Å². The maximum Gasteiger partial charge on any atom is 0.338 e. The second-order valence-corrected chi connectivity index (χ2v) is 9.23. The van der Waals surface area contributed by atoms with E-state index in [4.69, 9.17) is 16.3 Å². The molecule has 0 spiro atoms. The Balaban J connectivity index is 1.85. The summed E-state index contributed by atoms with van der Waals surface area (Å²) < 4.78 is 7.10. The van der Waals surface area contributed by atoms with Gasteiger partial charge in [-0.2, -0.15) is 0 Å². The van der Waals surface area contributed by atoms with E-state index in [1.807, 2.05) is 0 Å². The number of aromatic carboxylic acids is 1. The van der Waals surface area contributed by atoms with Crippen LogP contribution in [-0.4, -0.2) is 28.2 Å². The average molecular weight is 512 g/mol. The van der Waals surface area contributed by atoms with E-state index in [-0.39, 0.29) is 23.3 Å². The van der Waals surface area contributed by atoms with Crippen molar-refractivity contribution in [3.63, 3.8) is 0 Å². The first kappa shape index (κ1) is 24.4. The Hall–Kier alpha value is -3.69. The molecule has 0 amide bonds. The summed E-state index contributed by atoms with van der Waals surface area (Å²) in [6.45, 7) is 5.31. The predicted octanol–water partition coefficient (Wildman–Crippen LogP) is 3.48. The number of hydrogen-bond donors (Lipinski definition) is 2. The normalized spacial score (nSPS) is 15.4. The molecule has 10 heteroatoms. The number of allylic oxidation sites excluding steroid dienone is 1. The third-order valence-corrected chi connectivity index (χ3v) is 6.86. The number of anilines is 1. The molecular formula is C25H22ClN3O5S. The van der Waals surface area contributed by atoms with Crippen molar-refractivity contribution in [3.05, 3.63) is 95.1 Å². The summed E-state index contributed by atoms with van der Waals surface area (Å²) >= 11 is 7.23. The Morgan fingerprint density at radius 2 is 1.94 bits per heavy atom. The van der Waals surface area contributed by atoms with Crippen LogP contribution in [0.1, 0.15) is 41.4 Å². The first-order valence-corrected chi connectivity index (χ1v) is 12.0. The highest BCUT2D eigenvalue weighted by atomic mass is 35.5. The molecule has 2 aromatic carbocycles. The number of benzene rings is 2. The SMILES string of the molecule is CCOC(=O)C1=C(C)N=c2s/c(=C\Nc3cccc(C(=O)O)c3C)c(=O)n2[C@H]1c1ccc(Cl)cc1. The number of nitrogens with one attached hydrogen (secondary N) is 1. The van der Waals surface area contributed by atoms with Crippen molar-refractivity contribution in [2.75, 3.05) is 11.9 Å². The van der Waals surface area contributed by atoms with Crippen LogP contribution < -0.4 is 20.2 Å². The topological polar surface area (TPSA) is 110 Å². The Bertz CT molecular complexity index is 1540. The molecule has 0 fully saturated rings. The largest absolute Gasteiger partial charge is 0.478 e. The number of carbonyl (C=O) groups is 2. The molecule has 180 valence electrons. The van der Waals surface area contributed by atoms with Crippen LogP contribution in [0, 0.1) is 6.92 Å². The van der Waals surface area contributed by atoms with Crippen molar-refractivity contribution in [2.45, 2.75) is 26.8 Å². The zero-order chi connectivity index (χ0) is 25.3. The van der Waals surface area contributed by atoms with Crippen LogP contribution in [0.4, 0.5) is 5.69 Å². The van der Waals surface area contributed by atoms with Gasteiger partial charge in [0.2, 0.25) is 0 Å². The fourth-order valence-electron chi connectivity index (χ4n) is 3.92. The molecule has 0 aliphatic carbocycles. The lowest BCUT2D eigenvalue weighted by molar-refractivity contribution is -0.139. The summed E-state index contributed by atoms with van der Waals surface area (Å²) in [5.74, 6) is -1.57. The number of nitrogens with zero attached hydrogens (tertiary/aromatic N) is 2. The second kappa shape index (κ2) is 9.89. The fraction of sp³-hybridized carbons (Fsp3) is 0.200. The van der Waals surface area contributed by atoms with E-state index in [9.17, 15) is 19.5 Å². The van der Waals surface area contributed by atoms with Crippen LogP contribution in [0.5, 0.6) is 0 Å². The summed E-state index contributed by atoms with van der Waals surface area (Å²) in [7, 11) is 0. The van der Waals surface area contributed by atoms with Gasteiger partial charge in [-0.05, 0) is 56.2 Å². The monoisotopic (exact) mass is 511 g/mol. The average Bonchev–Trinajstić information content (AvgIpc) is 3.12. The Morgan fingerprint density at radius 1 is 1.23 bits per heavy atom. The van der Waals surface area contributed by atoms with Crippen molar-refractivity contribution in [1.82, 2.24) is 4.57 Å². The van der Waals surface area contributed by atoms with Gasteiger partial charge in [-0.25, -0.2) is 14.6 Å². The standard InChI is InChI=1S/C25H22ClN3O5S/c1-4-34-24(33)20-14(3)28-25-29(21(20)15-8-10-16(26)11-9-15)22(30)19(35-25)12-27-18-7-5-6-17(13(18)2)23(31)32/h5-12,21,27H,4H2,1-3H3,(H,31,32)/b19-12-/t21-/m0/s1. The van der Waals surface area contributed by atoms with Crippen LogP contribution in [0.3, 0.4) is 0 Å². The molecule has 1 aliphatic heterocycles. The molecule has 0 unspecified atom stereocenters. The molecule has 1 aliphatic rings. The van der Waals surface area contributed by atoms with E-state index in [1.165, 1.54) is 28.2 Å². The van der Waals surface area contributed by atoms with Crippen molar-refractivity contribution in [3.8, 4) is 0 Å². The number of carbonyl (C=O) groups excluding carboxylic acids is 1. The van der Waals surface area contributed by atoms with Crippen LogP contribution in [0.15, 0.2) is 63.5 Å². The van der Waals surface area contributed by atoms with Gasteiger partial charge >= 0.3 is 11.9 Å². The number of halogens is 1. The third kappa shape index (κ3) is 4.65. The first-order chi connectivity index (χ1) is 16.7. The van der Waals surface area contributed by atoms with Crippen molar-refractivity contribution in [2.24, 2.45) is 4.99 Å². The Kier molecular flexibility index (Phi) is 6.90. The maximum atomic E-state index is 13.5. The zero-order valence-electron chi connectivity index (χ0n) is 19.2. The fourth-order valence-corrected chi connectivity index (χ4v) is 5.01. The van der Waals surface area contributed by atoms with E-state index in [2.05, 4.69) is 10.3 Å². The van der Waals surface area contributed by atoms with Crippen molar-refractivity contribution < 1.29 is 19.4 Å². The lowest BCUT2D eigenvalue weighted by Gasteiger charge is -2.24. The molecule has 35 heavy (non-hydrogen) atoms. The minimum absolute atomic E-state index is 0.169. The first-order valence-electron chi connectivity index (χ1n) is 10.8. The lowest BCUT2D eigenvalue weighted by atomic mass is 9.96. The number of carboxylic acid groups (broad SMARTS) is 1. The number of rotatable bonds is 6. The zero-order valence-corrected chi connectivity index (χ0v) is 20.7. The van der Waals surface area contributed by atoms with Crippen molar-refractivity contribution in [1.29, 1.82) is 0 Å². The number of aromatic nitrogens is 1. The Labute approximate surface area is 209 Å². The lowest BCUT2D eigenvalue weighted by Crippen LogP contribution is -2.40. The number of hydrogen-bond acceptors (Lipinski definition) is 7. The summed E-state index contributed by atoms with van der Waals surface area (Å²) in [5.41, 5.74) is 2.37. The van der Waals surface area contributed by atoms with E-state index in [0.29, 0.717) is 36.9 Å². The molecule has 2 N–H and O–H groups in total. The van der Waals surface area contributed by atoms with E-state index >= 15 is 0 Å². The molecule has 4 rings (SSSR count). The smallest absolute Gasteiger partial charge is 0.338 e. The minimum atomic E-state index is -1.03. The van der Waals surface area contributed by atoms with Crippen molar-refractivity contribution >= 4 is 46.8 Å². The maximum absolute atomic E-state index is 13.5. The summed E-state index contributed by atoms with van der Waals surface area (Å²) in [5, 5.41) is 12.9. The quantitative estimate of drug-likeness (QED) is 0.490. The van der Waals surface area contributed by atoms with E-state index < -0.39 is 18.0 Å². The number of ether oxygens (including phenoxy) is 1. The van der Waals surface area contributed by atoms with Gasteiger partial charge < -0.3 is 15.2 Å². The summed E-state index contributed by atoms with van der Waals surface area (Å²) in [6, 6.07) is 11.1. The van der Waals surface area contributed by atoms with Gasteiger partial charge in [0.1, 0.15) is 4.53 Å². The number of thiazole rings is 1. The molecule has 1 atom stereocenters. The van der Waals surface area contributed by atoms with Crippen LogP contribution >= 0.6 is 22.9 Å². The highest BCUT2D eigenvalue weighted by Gasteiger charge is 2.33. The summed E-state index contributed by atoms with van der Waals surface area (Å²) in [6.07, 6.45) is 1.53. The van der Waals surface area contributed by atoms with Gasteiger partial charge in [0.25, 0.3) is 5.56 Å². The summed E-state index contributed by atoms with van der Waals surface area (Å²) in [4.78, 5) is 42.8. The highest BCUT2D eigenvalue weighted by Crippen LogP contribution is 2.31. The number of fused-ring (bicyclic) bond motifs is 1. The van der Waals surface area contributed by atoms with E-state index in [1.54, 1.807) is 57.2 Å². The molecule has 0 saturated carbocycles. The van der Waals surface area contributed by atoms with Crippen LogP contribution in [-0.2, 0) is 9.53 Å². The van der Waals surface area contributed by atoms with Gasteiger partial charge in [0.05, 0.1) is 29.5 Å². The molecule has 2 heterocycles. The predicted molar refractivity (Wildman–Crippen MR) is 135 cm³/mol. The van der Waals surface area contributed by atoms with Gasteiger partial charge in [0.15, 0.2) is 4.80 Å². The molecule has 3 aromatic rings.